The van der Waals surface area contributed by atoms with Gasteiger partial charge in [0, 0.05) is 13.1 Å². The largest absolute Gasteiger partial charge is 0.444 e. The van der Waals surface area contributed by atoms with E-state index in [1.165, 1.54) is 5.56 Å². The van der Waals surface area contributed by atoms with Gasteiger partial charge in [0.1, 0.15) is 5.60 Å². The smallest absolute Gasteiger partial charge is 0.407 e. The number of nitrogens with zero attached hydrogens (tertiary/aromatic N) is 1. The van der Waals surface area contributed by atoms with E-state index in [0.717, 1.165) is 38.0 Å². The Morgan fingerprint density at radius 1 is 1.21 bits per heavy atom. The molecule has 0 atom stereocenters. The molecule has 1 saturated heterocycles. The zero-order valence-corrected chi connectivity index (χ0v) is 15.0. The summed E-state index contributed by atoms with van der Waals surface area (Å²) in [6, 6.07) is 8.13. The topological polar surface area (TPSA) is 61.8 Å². The maximum absolute atomic E-state index is 11.7. The second-order valence-electron chi connectivity index (χ2n) is 7.58. The first-order valence-corrected chi connectivity index (χ1v) is 8.73. The maximum Gasteiger partial charge on any atom is 0.407 e. The number of hydrogen-bond acceptors (Lipinski definition) is 4. The Kier molecular flexibility index (Phi) is 6.63. The Morgan fingerprint density at radius 3 is 2.33 bits per heavy atom. The lowest BCUT2D eigenvalue weighted by Gasteiger charge is -2.32. The highest BCUT2D eigenvalue weighted by molar-refractivity contribution is 5.67. The SMILES string of the molecule is CC(C)(C)OC(=O)NCC1CCN(Cc2ccc(CO)cc2)CC1. The van der Waals surface area contributed by atoms with Crippen LogP contribution in [0.2, 0.25) is 0 Å². The molecule has 0 spiro atoms. The molecule has 1 aromatic carbocycles. The zero-order valence-electron chi connectivity index (χ0n) is 15.0. The molecule has 0 radical (unpaired) electrons. The number of rotatable bonds is 5. The van der Waals surface area contributed by atoms with Crippen LogP contribution in [0.5, 0.6) is 0 Å². The number of amides is 1. The molecule has 1 heterocycles. The first kappa shape index (κ1) is 18.7. The fourth-order valence-corrected chi connectivity index (χ4v) is 2.90. The summed E-state index contributed by atoms with van der Waals surface area (Å²) in [5.74, 6) is 0.519. The Labute approximate surface area is 145 Å². The minimum absolute atomic E-state index is 0.0936. The number of likely N-dealkylation sites (tertiary alicyclic amines) is 1. The van der Waals surface area contributed by atoms with E-state index < -0.39 is 5.60 Å². The maximum atomic E-state index is 11.7. The molecule has 0 aliphatic carbocycles. The van der Waals surface area contributed by atoms with E-state index in [-0.39, 0.29) is 12.7 Å². The fraction of sp³-hybridized carbons (Fsp3) is 0.632. The summed E-state index contributed by atoms with van der Waals surface area (Å²) < 4.78 is 5.27. The van der Waals surface area contributed by atoms with Gasteiger partial charge in [-0.25, -0.2) is 4.79 Å². The summed E-state index contributed by atoms with van der Waals surface area (Å²) in [7, 11) is 0. The summed E-state index contributed by atoms with van der Waals surface area (Å²) in [6.45, 7) is 9.43. The average Bonchev–Trinajstić information content (AvgIpc) is 2.53. The van der Waals surface area contributed by atoms with E-state index in [9.17, 15) is 4.79 Å². The van der Waals surface area contributed by atoms with Crippen LogP contribution in [0.15, 0.2) is 24.3 Å². The van der Waals surface area contributed by atoms with Crippen LogP contribution in [0, 0.1) is 5.92 Å². The number of piperidine rings is 1. The highest BCUT2D eigenvalue weighted by atomic mass is 16.6. The number of carbonyl (C=O) groups is 1. The first-order chi connectivity index (χ1) is 11.4. The minimum Gasteiger partial charge on any atom is -0.444 e. The standard InChI is InChI=1S/C19H30N2O3/c1-19(2,3)24-18(23)20-12-15-8-10-21(11-9-15)13-16-4-6-17(14-22)7-5-16/h4-7,15,22H,8-14H2,1-3H3,(H,20,23). The van der Waals surface area contributed by atoms with Crippen molar-refractivity contribution in [3.63, 3.8) is 0 Å². The summed E-state index contributed by atoms with van der Waals surface area (Å²) in [6.07, 6.45) is 1.85. The number of benzene rings is 1. The van der Waals surface area contributed by atoms with E-state index >= 15 is 0 Å². The molecule has 24 heavy (non-hydrogen) atoms. The Balaban J connectivity index is 1.68. The van der Waals surface area contributed by atoms with Crippen molar-refractivity contribution < 1.29 is 14.6 Å². The third-order valence-corrected chi connectivity index (χ3v) is 4.25. The van der Waals surface area contributed by atoms with E-state index in [4.69, 9.17) is 9.84 Å². The Hall–Kier alpha value is -1.59. The van der Waals surface area contributed by atoms with Gasteiger partial charge in [-0.15, -0.1) is 0 Å². The van der Waals surface area contributed by atoms with Gasteiger partial charge in [-0.2, -0.15) is 0 Å². The highest BCUT2D eigenvalue weighted by Crippen LogP contribution is 2.19. The van der Waals surface area contributed by atoms with Crippen molar-refractivity contribution in [1.29, 1.82) is 0 Å². The lowest BCUT2D eigenvalue weighted by atomic mass is 9.96. The van der Waals surface area contributed by atoms with Gasteiger partial charge >= 0.3 is 6.09 Å². The molecule has 1 fully saturated rings. The van der Waals surface area contributed by atoms with Crippen LogP contribution >= 0.6 is 0 Å². The molecule has 5 nitrogen and oxygen atoms in total. The predicted molar refractivity (Wildman–Crippen MR) is 94.6 cm³/mol. The molecule has 2 rings (SSSR count). The first-order valence-electron chi connectivity index (χ1n) is 8.73. The van der Waals surface area contributed by atoms with Crippen LogP contribution in [0.1, 0.15) is 44.7 Å². The minimum atomic E-state index is -0.445. The van der Waals surface area contributed by atoms with Crippen LogP contribution in [-0.4, -0.2) is 41.3 Å². The molecule has 0 aromatic heterocycles. The van der Waals surface area contributed by atoms with Crippen molar-refractivity contribution in [2.75, 3.05) is 19.6 Å². The zero-order chi connectivity index (χ0) is 17.6. The van der Waals surface area contributed by atoms with Gasteiger partial charge in [0.2, 0.25) is 0 Å². The molecule has 5 heteroatoms. The Morgan fingerprint density at radius 2 is 1.79 bits per heavy atom. The molecule has 1 aromatic rings. The molecule has 1 aliphatic heterocycles. The molecule has 1 aliphatic rings. The van der Waals surface area contributed by atoms with Gasteiger partial charge in [0.15, 0.2) is 0 Å². The molecule has 0 bridgehead atoms. The van der Waals surface area contributed by atoms with Gasteiger partial charge in [0.05, 0.1) is 6.61 Å². The van der Waals surface area contributed by atoms with Crippen LogP contribution in [0.3, 0.4) is 0 Å². The molecule has 0 unspecified atom stereocenters. The van der Waals surface area contributed by atoms with Crippen molar-refractivity contribution in [2.45, 2.75) is 52.4 Å². The number of ether oxygens (including phenoxy) is 1. The third kappa shape index (κ3) is 6.49. The van der Waals surface area contributed by atoms with Crippen LogP contribution in [0.25, 0.3) is 0 Å². The van der Waals surface area contributed by atoms with Crippen molar-refractivity contribution in [2.24, 2.45) is 5.92 Å². The van der Waals surface area contributed by atoms with Crippen LogP contribution in [0.4, 0.5) is 4.79 Å². The van der Waals surface area contributed by atoms with Gasteiger partial charge in [0.25, 0.3) is 0 Å². The quantitative estimate of drug-likeness (QED) is 0.869. The van der Waals surface area contributed by atoms with Crippen molar-refractivity contribution in [3.05, 3.63) is 35.4 Å². The van der Waals surface area contributed by atoms with Crippen LogP contribution < -0.4 is 5.32 Å². The fourth-order valence-electron chi connectivity index (χ4n) is 2.90. The van der Waals surface area contributed by atoms with Crippen molar-refractivity contribution in [3.8, 4) is 0 Å². The van der Waals surface area contributed by atoms with E-state index in [1.807, 2.05) is 32.9 Å². The summed E-state index contributed by atoms with van der Waals surface area (Å²) in [5.41, 5.74) is 1.78. The summed E-state index contributed by atoms with van der Waals surface area (Å²) in [4.78, 5) is 14.1. The highest BCUT2D eigenvalue weighted by Gasteiger charge is 2.21. The monoisotopic (exact) mass is 334 g/mol. The number of hydrogen-bond donors (Lipinski definition) is 2. The number of alkyl carbamates (subject to hydrolysis) is 1. The third-order valence-electron chi connectivity index (χ3n) is 4.25. The predicted octanol–water partition coefficient (Wildman–Crippen LogP) is 2.92. The lowest BCUT2D eigenvalue weighted by Crippen LogP contribution is -2.40. The second kappa shape index (κ2) is 8.49. The molecule has 0 saturated carbocycles. The van der Waals surface area contributed by atoms with Crippen LogP contribution in [-0.2, 0) is 17.9 Å². The van der Waals surface area contributed by atoms with E-state index in [0.29, 0.717) is 12.5 Å². The van der Waals surface area contributed by atoms with Gasteiger partial charge in [-0.05, 0) is 63.7 Å². The summed E-state index contributed by atoms with van der Waals surface area (Å²) >= 11 is 0. The van der Waals surface area contributed by atoms with Gasteiger partial charge in [-0.3, -0.25) is 4.90 Å². The van der Waals surface area contributed by atoms with Gasteiger partial charge in [-0.1, -0.05) is 24.3 Å². The van der Waals surface area contributed by atoms with E-state index in [1.54, 1.807) is 0 Å². The Bertz CT molecular complexity index is 514. The lowest BCUT2D eigenvalue weighted by molar-refractivity contribution is 0.0509. The normalized spacial score (nSPS) is 16.8. The molecular weight excluding hydrogens is 304 g/mol. The van der Waals surface area contributed by atoms with Gasteiger partial charge < -0.3 is 15.2 Å². The molecule has 1 amide bonds. The van der Waals surface area contributed by atoms with Crippen molar-refractivity contribution in [1.82, 2.24) is 10.2 Å². The molecule has 2 N–H and O–H groups in total. The second-order valence-corrected chi connectivity index (χ2v) is 7.58. The number of carbonyl (C=O) groups excluding carboxylic acids is 1. The molecule has 134 valence electrons. The average molecular weight is 334 g/mol. The summed E-state index contributed by atoms with van der Waals surface area (Å²) in [5, 5.41) is 12.0. The van der Waals surface area contributed by atoms with E-state index in [2.05, 4.69) is 22.3 Å². The van der Waals surface area contributed by atoms with Crippen molar-refractivity contribution >= 4 is 6.09 Å². The number of aliphatic hydroxyl groups is 1. The number of aliphatic hydroxyl groups excluding tert-OH is 1. The molecular formula is C19H30N2O3. The number of nitrogens with one attached hydrogen (secondary N) is 1.